The van der Waals surface area contributed by atoms with Crippen LogP contribution in [0.1, 0.15) is 44.4 Å². The Bertz CT molecular complexity index is 546. The third kappa shape index (κ3) is 2.43. The minimum Gasteiger partial charge on any atom is -0.338 e. The second-order valence-electron chi connectivity index (χ2n) is 5.39. The molecule has 0 radical (unpaired) electrons. The van der Waals surface area contributed by atoms with Crippen molar-refractivity contribution in [3.8, 4) is 11.6 Å². The number of nitrogens with two attached hydrogens (primary N) is 1. The zero-order valence-corrected chi connectivity index (χ0v) is 11.5. The lowest BCUT2D eigenvalue weighted by Gasteiger charge is -2.26. The second-order valence-corrected chi connectivity index (χ2v) is 5.39. The molecule has 0 atom stereocenters. The first-order valence-electron chi connectivity index (χ1n) is 7.16. The van der Waals surface area contributed by atoms with Crippen molar-refractivity contribution in [1.82, 2.24) is 20.1 Å². The van der Waals surface area contributed by atoms with Gasteiger partial charge >= 0.3 is 0 Å². The molecule has 2 aromatic heterocycles. The van der Waals surface area contributed by atoms with Gasteiger partial charge in [0.1, 0.15) is 0 Å². The van der Waals surface area contributed by atoms with E-state index >= 15 is 0 Å². The molecule has 2 heterocycles. The molecule has 20 heavy (non-hydrogen) atoms. The van der Waals surface area contributed by atoms with Gasteiger partial charge in [-0.05, 0) is 18.9 Å². The Morgan fingerprint density at radius 2 is 1.75 bits per heavy atom. The van der Waals surface area contributed by atoms with E-state index in [1.54, 1.807) is 18.5 Å². The number of rotatable bonds is 3. The molecule has 1 fully saturated rings. The van der Waals surface area contributed by atoms with E-state index in [2.05, 4.69) is 20.1 Å². The van der Waals surface area contributed by atoms with Crippen LogP contribution in [-0.2, 0) is 5.41 Å². The van der Waals surface area contributed by atoms with Gasteiger partial charge in [-0.25, -0.2) is 9.97 Å². The highest BCUT2D eigenvalue weighted by molar-refractivity contribution is 5.40. The molecule has 6 nitrogen and oxygen atoms in total. The summed E-state index contributed by atoms with van der Waals surface area (Å²) in [4.78, 5) is 12.8. The maximum atomic E-state index is 6.03. The molecule has 0 spiro atoms. The van der Waals surface area contributed by atoms with Gasteiger partial charge in [-0.15, -0.1) is 0 Å². The van der Waals surface area contributed by atoms with Gasteiger partial charge < -0.3 is 10.3 Å². The summed E-state index contributed by atoms with van der Waals surface area (Å²) in [5.74, 6) is 1.57. The van der Waals surface area contributed by atoms with E-state index < -0.39 is 0 Å². The van der Waals surface area contributed by atoms with Gasteiger partial charge in [0.2, 0.25) is 17.5 Å². The summed E-state index contributed by atoms with van der Waals surface area (Å²) in [6, 6.07) is 1.76. The molecule has 2 aromatic rings. The smallest absolute Gasteiger partial charge is 0.240 e. The van der Waals surface area contributed by atoms with Crippen LogP contribution in [0.3, 0.4) is 0 Å². The van der Waals surface area contributed by atoms with Gasteiger partial charge in [0, 0.05) is 18.9 Å². The zero-order chi connectivity index (χ0) is 13.8. The van der Waals surface area contributed by atoms with Gasteiger partial charge in [0.25, 0.3) is 0 Å². The molecule has 1 saturated carbocycles. The average molecular weight is 273 g/mol. The molecule has 0 aromatic carbocycles. The van der Waals surface area contributed by atoms with Gasteiger partial charge in [-0.3, -0.25) is 0 Å². The number of hydrogen-bond acceptors (Lipinski definition) is 6. The third-order valence-corrected chi connectivity index (χ3v) is 4.10. The third-order valence-electron chi connectivity index (χ3n) is 4.10. The van der Waals surface area contributed by atoms with Crippen molar-refractivity contribution in [1.29, 1.82) is 0 Å². The van der Waals surface area contributed by atoms with Crippen LogP contribution in [0.5, 0.6) is 0 Å². The Labute approximate surface area is 117 Å². The first-order chi connectivity index (χ1) is 9.84. The zero-order valence-electron chi connectivity index (χ0n) is 11.5. The van der Waals surface area contributed by atoms with Crippen molar-refractivity contribution in [2.24, 2.45) is 5.73 Å². The van der Waals surface area contributed by atoms with Crippen molar-refractivity contribution in [2.75, 3.05) is 6.54 Å². The normalized spacial score (nSPS) is 18.6. The molecular formula is C14H19N5O. The molecule has 0 saturated heterocycles. The summed E-state index contributed by atoms with van der Waals surface area (Å²) in [6.45, 7) is 0.546. The Morgan fingerprint density at radius 1 is 1.05 bits per heavy atom. The minimum atomic E-state index is -0.170. The summed E-state index contributed by atoms with van der Waals surface area (Å²) >= 11 is 0. The Morgan fingerprint density at radius 3 is 2.40 bits per heavy atom. The molecule has 6 heteroatoms. The van der Waals surface area contributed by atoms with Crippen LogP contribution in [0.25, 0.3) is 11.6 Å². The van der Waals surface area contributed by atoms with Crippen molar-refractivity contribution >= 4 is 0 Å². The van der Waals surface area contributed by atoms with Crippen LogP contribution >= 0.6 is 0 Å². The Hall–Kier alpha value is -1.82. The fraction of sp³-hybridized carbons (Fsp3) is 0.571. The lowest BCUT2D eigenvalue weighted by atomic mass is 9.80. The molecule has 0 unspecified atom stereocenters. The SMILES string of the molecule is NCC1(c2nc(-c3ncccn3)no2)CCCCCC1. The molecule has 1 aliphatic rings. The van der Waals surface area contributed by atoms with Crippen LogP contribution in [0.2, 0.25) is 0 Å². The number of hydrogen-bond donors (Lipinski definition) is 1. The molecule has 3 rings (SSSR count). The average Bonchev–Trinajstić information content (AvgIpc) is 2.88. The van der Waals surface area contributed by atoms with E-state index in [9.17, 15) is 0 Å². The van der Waals surface area contributed by atoms with Gasteiger partial charge in [0.05, 0.1) is 5.41 Å². The summed E-state index contributed by atoms with van der Waals surface area (Å²) in [5.41, 5.74) is 5.86. The quantitative estimate of drug-likeness (QED) is 0.861. The summed E-state index contributed by atoms with van der Waals surface area (Å²) in [5, 5.41) is 4.02. The molecular weight excluding hydrogens is 254 g/mol. The monoisotopic (exact) mass is 273 g/mol. The highest BCUT2D eigenvalue weighted by Crippen LogP contribution is 2.37. The standard InChI is InChI=1S/C14H19N5O/c15-10-14(6-3-1-2-4-7-14)13-18-12(19-20-13)11-16-8-5-9-17-11/h5,8-9H,1-4,6-7,10,15H2. The lowest BCUT2D eigenvalue weighted by molar-refractivity contribution is 0.257. The van der Waals surface area contributed by atoms with E-state index in [0.29, 0.717) is 24.1 Å². The van der Waals surface area contributed by atoms with Crippen LogP contribution in [0.4, 0.5) is 0 Å². The van der Waals surface area contributed by atoms with Gasteiger partial charge in [0.15, 0.2) is 0 Å². The predicted molar refractivity (Wildman–Crippen MR) is 73.8 cm³/mol. The largest absolute Gasteiger partial charge is 0.338 e. The van der Waals surface area contributed by atoms with Crippen molar-refractivity contribution < 1.29 is 4.52 Å². The molecule has 1 aliphatic carbocycles. The number of nitrogens with zero attached hydrogens (tertiary/aromatic N) is 4. The highest BCUT2D eigenvalue weighted by atomic mass is 16.5. The minimum absolute atomic E-state index is 0.170. The summed E-state index contributed by atoms with van der Waals surface area (Å²) in [7, 11) is 0. The molecule has 2 N–H and O–H groups in total. The van der Waals surface area contributed by atoms with Gasteiger partial charge in [-0.2, -0.15) is 4.98 Å². The van der Waals surface area contributed by atoms with Crippen LogP contribution in [0, 0.1) is 0 Å². The molecule has 106 valence electrons. The van der Waals surface area contributed by atoms with E-state index in [-0.39, 0.29) is 5.41 Å². The van der Waals surface area contributed by atoms with Crippen LogP contribution < -0.4 is 5.73 Å². The van der Waals surface area contributed by atoms with E-state index in [0.717, 1.165) is 25.7 Å². The number of aromatic nitrogens is 4. The van der Waals surface area contributed by atoms with Crippen molar-refractivity contribution in [3.05, 3.63) is 24.4 Å². The van der Waals surface area contributed by atoms with Crippen molar-refractivity contribution in [3.63, 3.8) is 0 Å². The second kappa shape index (κ2) is 5.66. The summed E-state index contributed by atoms with van der Waals surface area (Å²) in [6.07, 6.45) is 10.2. The maximum absolute atomic E-state index is 6.03. The molecule has 0 bridgehead atoms. The molecule has 0 aliphatic heterocycles. The fourth-order valence-corrected chi connectivity index (χ4v) is 2.85. The van der Waals surface area contributed by atoms with Crippen LogP contribution in [-0.4, -0.2) is 26.7 Å². The van der Waals surface area contributed by atoms with E-state index in [1.165, 1.54) is 12.8 Å². The highest BCUT2D eigenvalue weighted by Gasteiger charge is 2.37. The Balaban J connectivity index is 1.91. The maximum Gasteiger partial charge on any atom is 0.240 e. The summed E-state index contributed by atoms with van der Waals surface area (Å²) < 4.78 is 5.49. The van der Waals surface area contributed by atoms with Gasteiger partial charge in [-0.1, -0.05) is 30.8 Å². The Kier molecular flexibility index (Phi) is 3.73. The van der Waals surface area contributed by atoms with Crippen LogP contribution in [0.15, 0.2) is 23.0 Å². The molecule has 0 amide bonds. The first-order valence-corrected chi connectivity index (χ1v) is 7.16. The first kappa shape index (κ1) is 13.2. The topological polar surface area (TPSA) is 90.7 Å². The lowest BCUT2D eigenvalue weighted by Crippen LogP contribution is -2.35. The fourth-order valence-electron chi connectivity index (χ4n) is 2.85. The van der Waals surface area contributed by atoms with E-state index in [4.69, 9.17) is 10.3 Å². The van der Waals surface area contributed by atoms with E-state index in [1.807, 2.05) is 0 Å². The van der Waals surface area contributed by atoms with Crippen molar-refractivity contribution in [2.45, 2.75) is 43.9 Å². The predicted octanol–water partition coefficient (Wildman–Crippen LogP) is 2.08.